The summed E-state index contributed by atoms with van der Waals surface area (Å²) >= 11 is 0. The molecule has 1 amide bonds. The first-order valence-corrected chi connectivity index (χ1v) is 8.96. The van der Waals surface area contributed by atoms with Gasteiger partial charge in [0.05, 0.1) is 17.5 Å². The monoisotopic (exact) mass is 343 g/mol. The molecule has 1 heterocycles. The zero-order valence-corrected chi connectivity index (χ0v) is 14.5. The molecule has 0 radical (unpaired) electrons. The van der Waals surface area contributed by atoms with Crippen LogP contribution >= 0.6 is 0 Å². The number of nitrogens with zero attached hydrogens (tertiary/aromatic N) is 1. The van der Waals surface area contributed by atoms with Crippen molar-refractivity contribution in [1.82, 2.24) is 15.3 Å². The maximum Gasteiger partial charge on any atom is 0.224 e. The van der Waals surface area contributed by atoms with Crippen LogP contribution in [0.3, 0.4) is 0 Å². The van der Waals surface area contributed by atoms with Crippen LogP contribution in [0.4, 0.5) is 0 Å². The van der Waals surface area contributed by atoms with Crippen LogP contribution in [-0.4, -0.2) is 22.4 Å². The maximum atomic E-state index is 12.3. The van der Waals surface area contributed by atoms with Crippen LogP contribution < -0.4 is 5.32 Å². The molecule has 3 aromatic carbocycles. The minimum Gasteiger partial charge on any atom is -0.356 e. The van der Waals surface area contributed by atoms with E-state index < -0.39 is 0 Å². The third kappa shape index (κ3) is 3.59. The van der Waals surface area contributed by atoms with Crippen molar-refractivity contribution < 1.29 is 4.79 Å². The Morgan fingerprint density at radius 3 is 2.69 bits per heavy atom. The largest absolute Gasteiger partial charge is 0.356 e. The molecule has 0 bridgehead atoms. The molecular formula is C22H21N3O. The highest BCUT2D eigenvalue weighted by Gasteiger charge is 2.07. The standard InChI is InChI=1S/C22H21N3O/c26-22(15-17-9-5-8-16-7-1-2-10-18(16)17)23-14-6-13-21-24-19-11-3-4-12-20(19)25-21/h1-5,7-12H,6,13-15H2,(H,23,26)(H,24,25). The van der Waals surface area contributed by atoms with E-state index in [0.29, 0.717) is 13.0 Å². The minimum atomic E-state index is 0.0611. The number of H-pyrrole nitrogens is 1. The number of carbonyl (C=O) groups excluding carboxylic acids is 1. The molecule has 26 heavy (non-hydrogen) atoms. The van der Waals surface area contributed by atoms with Crippen molar-refractivity contribution >= 4 is 27.7 Å². The van der Waals surface area contributed by atoms with Gasteiger partial charge in [0.1, 0.15) is 5.82 Å². The number of hydrogen-bond acceptors (Lipinski definition) is 2. The van der Waals surface area contributed by atoms with E-state index in [4.69, 9.17) is 0 Å². The van der Waals surface area contributed by atoms with Crippen molar-refractivity contribution in [2.24, 2.45) is 0 Å². The van der Waals surface area contributed by atoms with Crippen LogP contribution in [0.5, 0.6) is 0 Å². The van der Waals surface area contributed by atoms with Crippen LogP contribution in [0.2, 0.25) is 0 Å². The number of rotatable bonds is 6. The maximum absolute atomic E-state index is 12.3. The molecule has 0 spiro atoms. The number of carbonyl (C=O) groups is 1. The number of aryl methyl sites for hydroxylation is 1. The van der Waals surface area contributed by atoms with E-state index in [2.05, 4.69) is 33.5 Å². The topological polar surface area (TPSA) is 57.8 Å². The van der Waals surface area contributed by atoms with Gasteiger partial charge in [0.2, 0.25) is 5.91 Å². The smallest absolute Gasteiger partial charge is 0.224 e. The van der Waals surface area contributed by atoms with E-state index in [9.17, 15) is 4.79 Å². The summed E-state index contributed by atoms with van der Waals surface area (Å²) in [5.41, 5.74) is 3.11. The molecule has 130 valence electrons. The molecule has 4 nitrogen and oxygen atoms in total. The number of aromatic nitrogens is 2. The zero-order chi connectivity index (χ0) is 17.8. The molecule has 4 rings (SSSR count). The van der Waals surface area contributed by atoms with Gasteiger partial charge in [-0.05, 0) is 34.9 Å². The Morgan fingerprint density at radius 2 is 1.77 bits per heavy atom. The third-order valence-electron chi connectivity index (χ3n) is 4.58. The Kier molecular flexibility index (Phi) is 4.65. The Hall–Kier alpha value is -3.14. The number of aromatic amines is 1. The lowest BCUT2D eigenvalue weighted by atomic mass is 10.0. The quantitative estimate of drug-likeness (QED) is 0.520. The number of imidazole rings is 1. The van der Waals surface area contributed by atoms with Gasteiger partial charge >= 0.3 is 0 Å². The van der Waals surface area contributed by atoms with E-state index in [1.807, 2.05) is 48.5 Å². The molecule has 0 saturated heterocycles. The summed E-state index contributed by atoms with van der Waals surface area (Å²) in [4.78, 5) is 20.2. The molecule has 4 aromatic rings. The first kappa shape index (κ1) is 16.3. The predicted octanol–water partition coefficient (Wildman–Crippen LogP) is 4.01. The highest BCUT2D eigenvalue weighted by molar-refractivity contribution is 5.90. The summed E-state index contributed by atoms with van der Waals surface area (Å²) in [7, 11) is 0. The summed E-state index contributed by atoms with van der Waals surface area (Å²) in [5.74, 6) is 1.03. The van der Waals surface area contributed by atoms with Crippen LogP contribution in [0.25, 0.3) is 21.8 Å². The van der Waals surface area contributed by atoms with E-state index in [-0.39, 0.29) is 5.91 Å². The normalized spacial score (nSPS) is 11.1. The first-order valence-electron chi connectivity index (χ1n) is 8.96. The van der Waals surface area contributed by atoms with Crippen LogP contribution in [-0.2, 0) is 17.6 Å². The second-order valence-corrected chi connectivity index (χ2v) is 6.47. The number of amides is 1. The molecule has 0 aliphatic carbocycles. The lowest BCUT2D eigenvalue weighted by Gasteiger charge is -2.07. The second kappa shape index (κ2) is 7.40. The zero-order valence-electron chi connectivity index (χ0n) is 14.5. The summed E-state index contributed by atoms with van der Waals surface area (Å²) < 4.78 is 0. The van der Waals surface area contributed by atoms with Gasteiger partial charge in [-0.2, -0.15) is 0 Å². The second-order valence-electron chi connectivity index (χ2n) is 6.47. The van der Waals surface area contributed by atoms with Gasteiger partial charge < -0.3 is 10.3 Å². The molecule has 4 heteroatoms. The average molecular weight is 343 g/mol. The summed E-state index contributed by atoms with van der Waals surface area (Å²) in [6.07, 6.45) is 2.09. The predicted molar refractivity (Wildman–Crippen MR) is 105 cm³/mol. The molecule has 0 unspecified atom stereocenters. The minimum absolute atomic E-state index is 0.0611. The molecule has 0 aliphatic heterocycles. The fraction of sp³-hybridized carbons (Fsp3) is 0.182. The Bertz CT molecular complexity index is 1010. The van der Waals surface area contributed by atoms with Crippen molar-refractivity contribution in [3.05, 3.63) is 78.1 Å². The van der Waals surface area contributed by atoms with Crippen molar-refractivity contribution in [1.29, 1.82) is 0 Å². The van der Waals surface area contributed by atoms with Crippen molar-refractivity contribution in [3.63, 3.8) is 0 Å². The van der Waals surface area contributed by atoms with Gasteiger partial charge in [-0.15, -0.1) is 0 Å². The number of hydrogen-bond donors (Lipinski definition) is 2. The van der Waals surface area contributed by atoms with Gasteiger partial charge in [-0.25, -0.2) is 4.98 Å². The fourth-order valence-electron chi connectivity index (χ4n) is 3.29. The van der Waals surface area contributed by atoms with Gasteiger partial charge in [-0.3, -0.25) is 4.79 Å². The first-order chi connectivity index (χ1) is 12.8. The van der Waals surface area contributed by atoms with Gasteiger partial charge in [0.15, 0.2) is 0 Å². The van der Waals surface area contributed by atoms with E-state index in [1.165, 1.54) is 5.39 Å². The van der Waals surface area contributed by atoms with E-state index in [1.54, 1.807) is 0 Å². The van der Waals surface area contributed by atoms with Gasteiger partial charge in [-0.1, -0.05) is 54.6 Å². The number of nitrogens with one attached hydrogen (secondary N) is 2. The molecule has 0 fully saturated rings. The Morgan fingerprint density at radius 1 is 0.962 bits per heavy atom. The highest BCUT2D eigenvalue weighted by Crippen LogP contribution is 2.18. The van der Waals surface area contributed by atoms with Gasteiger partial charge in [0, 0.05) is 13.0 Å². The molecule has 2 N–H and O–H groups in total. The highest BCUT2D eigenvalue weighted by atomic mass is 16.1. The summed E-state index contributed by atoms with van der Waals surface area (Å²) in [6, 6.07) is 22.3. The van der Waals surface area contributed by atoms with Crippen LogP contribution in [0.15, 0.2) is 66.7 Å². The number of benzene rings is 3. The number of fused-ring (bicyclic) bond motifs is 2. The summed E-state index contributed by atoms with van der Waals surface area (Å²) in [6.45, 7) is 0.653. The number of para-hydroxylation sites is 2. The Labute approximate surface area is 152 Å². The van der Waals surface area contributed by atoms with E-state index >= 15 is 0 Å². The van der Waals surface area contributed by atoms with Crippen molar-refractivity contribution in [2.45, 2.75) is 19.3 Å². The average Bonchev–Trinajstić information content (AvgIpc) is 3.08. The lowest BCUT2D eigenvalue weighted by Crippen LogP contribution is -2.26. The Balaban J connectivity index is 1.30. The van der Waals surface area contributed by atoms with Crippen molar-refractivity contribution in [3.8, 4) is 0 Å². The fourth-order valence-corrected chi connectivity index (χ4v) is 3.29. The molecular weight excluding hydrogens is 322 g/mol. The summed E-state index contributed by atoms with van der Waals surface area (Å²) in [5, 5.41) is 5.33. The lowest BCUT2D eigenvalue weighted by molar-refractivity contribution is -0.120. The third-order valence-corrected chi connectivity index (χ3v) is 4.58. The van der Waals surface area contributed by atoms with Crippen LogP contribution in [0, 0.1) is 0 Å². The molecule has 0 aliphatic rings. The van der Waals surface area contributed by atoms with Gasteiger partial charge in [0.25, 0.3) is 0 Å². The molecule has 0 saturated carbocycles. The SMILES string of the molecule is O=C(Cc1cccc2ccccc12)NCCCc1nc2ccccc2[nH]1. The molecule has 1 aromatic heterocycles. The molecule has 0 atom stereocenters. The van der Waals surface area contributed by atoms with E-state index in [0.717, 1.165) is 40.6 Å². The van der Waals surface area contributed by atoms with Crippen molar-refractivity contribution in [2.75, 3.05) is 6.54 Å². The van der Waals surface area contributed by atoms with Crippen LogP contribution in [0.1, 0.15) is 17.8 Å².